The highest BCUT2D eigenvalue weighted by atomic mass is 32.1. The molecule has 0 aromatic carbocycles. The van der Waals surface area contributed by atoms with Gasteiger partial charge in [0.15, 0.2) is 5.71 Å². The van der Waals surface area contributed by atoms with Gasteiger partial charge in [0, 0.05) is 0 Å². The molecule has 1 aromatic heterocycles. The van der Waals surface area contributed by atoms with E-state index >= 15 is 0 Å². The maximum absolute atomic E-state index is 12.0. The summed E-state index contributed by atoms with van der Waals surface area (Å²) in [5.74, 6) is 0. The van der Waals surface area contributed by atoms with Crippen molar-refractivity contribution in [3.05, 3.63) is 22.4 Å². The summed E-state index contributed by atoms with van der Waals surface area (Å²) < 4.78 is 9.90. The van der Waals surface area contributed by atoms with E-state index in [1.54, 1.807) is 45.2 Å². The fourth-order valence-corrected chi connectivity index (χ4v) is 1.96. The van der Waals surface area contributed by atoms with Gasteiger partial charge < -0.3 is 9.47 Å². The molecule has 0 bridgehead atoms. The molecule has 0 spiro atoms. The Hall–Kier alpha value is -2.40. The highest BCUT2D eigenvalue weighted by molar-refractivity contribution is 7.12. The minimum absolute atomic E-state index is 0.0728. The third kappa shape index (κ3) is 5.18. The van der Waals surface area contributed by atoms with Crippen molar-refractivity contribution in [1.82, 2.24) is 5.01 Å². The van der Waals surface area contributed by atoms with Crippen molar-refractivity contribution >= 4 is 29.2 Å². The van der Waals surface area contributed by atoms with Crippen LogP contribution >= 0.6 is 11.3 Å². The predicted molar refractivity (Wildman–Crippen MR) is 81.5 cm³/mol. The first-order valence-corrected chi connectivity index (χ1v) is 7.47. The molecular formula is C14H17N3O4S. The number of imide groups is 1. The quantitative estimate of drug-likeness (QED) is 0.625. The second-order valence-corrected chi connectivity index (χ2v) is 5.66. The topological polar surface area (TPSA) is 92.0 Å². The molecule has 1 rings (SSSR count). The molecule has 0 aliphatic heterocycles. The number of nitriles is 1. The largest absolute Gasteiger partial charge is 0.445 e. The summed E-state index contributed by atoms with van der Waals surface area (Å²) in [6.07, 6.45) is -2.87. The lowest BCUT2D eigenvalue weighted by Crippen LogP contribution is -2.36. The zero-order valence-corrected chi connectivity index (χ0v) is 13.6. The summed E-state index contributed by atoms with van der Waals surface area (Å²) in [6.45, 7) is 6.55. The first-order valence-electron chi connectivity index (χ1n) is 6.59. The van der Waals surface area contributed by atoms with E-state index in [1.807, 2.05) is 6.07 Å². The maximum Gasteiger partial charge on any atom is 0.440 e. The number of thiophene rings is 1. The Balaban J connectivity index is 3.11. The molecule has 22 heavy (non-hydrogen) atoms. The molecular weight excluding hydrogens is 306 g/mol. The van der Waals surface area contributed by atoms with Crippen LogP contribution in [0.25, 0.3) is 0 Å². The number of rotatable bonds is 4. The third-order valence-electron chi connectivity index (χ3n) is 2.08. The van der Waals surface area contributed by atoms with E-state index in [-0.39, 0.29) is 5.71 Å². The Morgan fingerprint density at radius 1 is 1.23 bits per heavy atom. The highest BCUT2D eigenvalue weighted by Crippen LogP contribution is 2.12. The van der Waals surface area contributed by atoms with Gasteiger partial charge in [-0.1, -0.05) is 11.1 Å². The fraction of sp³-hybridized carbons (Fsp3) is 0.429. The molecule has 1 heterocycles. The molecule has 8 heteroatoms. The fourth-order valence-electron chi connectivity index (χ4n) is 1.30. The van der Waals surface area contributed by atoms with Crippen LogP contribution in [0.3, 0.4) is 0 Å². The normalized spacial score (nSPS) is 11.2. The zero-order chi connectivity index (χ0) is 16.7. The van der Waals surface area contributed by atoms with Gasteiger partial charge in [0.1, 0.15) is 6.07 Å². The molecule has 0 saturated heterocycles. The summed E-state index contributed by atoms with van der Waals surface area (Å²) >= 11 is 1.26. The van der Waals surface area contributed by atoms with Crippen molar-refractivity contribution in [2.24, 2.45) is 5.10 Å². The predicted octanol–water partition coefficient (Wildman–Crippen LogP) is 3.37. The van der Waals surface area contributed by atoms with Crippen LogP contribution in [-0.4, -0.2) is 35.1 Å². The average molecular weight is 323 g/mol. The van der Waals surface area contributed by atoms with Crippen LogP contribution in [0.2, 0.25) is 0 Å². The van der Waals surface area contributed by atoms with Crippen LogP contribution < -0.4 is 0 Å². The SMILES string of the molecule is CC(C)OC(=O)N(/N=C(\C#N)c1cccs1)C(=O)OC(C)C. The minimum atomic E-state index is -0.995. The lowest BCUT2D eigenvalue weighted by atomic mass is 10.3. The van der Waals surface area contributed by atoms with Crippen molar-refractivity contribution in [2.45, 2.75) is 39.9 Å². The smallest absolute Gasteiger partial charge is 0.440 e. The summed E-state index contributed by atoms with van der Waals surface area (Å²) in [7, 11) is 0. The number of nitrogens with zero attached hydrogens (tertiary/aromatic N) is 3. The van der Waals surface area contributed by atoms with Gasteiger partial charge in [-0.2, -0.15) is 5.26 Å². The lowest BCUT2D eigenvalue weighted by Gasteiger charge is -2.18. The van der Waals surface area contributed by atoms with Crippen molar-refractivity contribution < 1.29 is 19.1 Å². The van der Waals surface area contributed by atoms with Gasteiger partial charge in [0.25, 0.3) is 0 Å². The molecule has 0 unspecified atom stereocenters. The Morgan fingerprint density at radius 2 is 1.77 bits per heavy atom. The van der Waals surface area contributed by atoms with E-state index in [0.717, 1.165) is 0 Å². The van der Waals surface area contributed by atoms with Crippen molar-refractivity contribution in [1.29, 1.82) is 5.26 Å². The second-order valence-electron chi connectivity index (χ2n) is 4.71. The van der Waals surface area contributed by atoms with Crippen LogP contribution in [0.5, 0.6) is 0 Å². The van der Waals surface area contributed by atoms with Gasteiger partial charge in [-0.3, -0.25) is 0 Å². The van der Waals surface area contributed by atoms with Gasteiger partial charge in [-0.25, -0.2) is 9.59 Å². The summed E-state index contributed by atoms with van der Waals surface area (Å²) in [5, 5.41) is 15.1. The molecule has 0 fully saturated rings. The summed E-state index contributed by atoms with van der Waals surface area (Å²) in [6, 6.07) is 5.25. The van der Waals surface area contributed by atoms with Gasteiger partial charge in [-0.15, -0.1) is 16.4 Å². The van der Waals surface area contributed by atoms with Crippen molar-refractivity contribution in [3.8, 4) is 6.07 Å². The zero-order valence-electron chi connectivity index (χ0n) is 12.8. The number of hydrogen-bond donors (Lipinski definition) is 0. The summed E-state index contributed by atoms with van der Waals surface area (Å²) in [4.78, 5) is 24.5. The Bertz CT molecular complexity index is 566. The van der Waals surface area contributed by atoms with Crippen LogP contribution in [0, 0.1) is 11.3 Å². The molecule has 1 aromatic rings. The maximum atomic E-state index is 12.0. The number of hydrazone groups is 1. The second kappa shape index (κ2) is 8.14. The molecule has 2 amide bonds. The number of carbonyl (C=O) groups is 2. The van der Waals surface area contributed by atoms with Crippen LogP contribution in [0.1, 0.15) is 32.6 Å². The summed E-state index contributed by atoms with van der Waals surface area (Å²) in [5.41, 5.74) is -0.0728. The third-order valence-corrected chi connectivity index (χ3v) is 2.96. The molecule has 118 valence electrons. The number of amides is 2. The van der Waals surface area contributed by atoms with Crippen LogP contribution in [-0.2, 0) is 9.47 Å². The van der Waals surface area contributed by atoms with Crippen LogP contribution in [0.15, 0.2) is 22.6 Å². The highest BCUT2D eigenvalue weighted by Gasteiger charge is 2.27. The molecule has 0 atom stereocenters. The van der Waals surface area contributed by atoms with E-state index in [0.29, 0.717) is 9.89 Å². The molecule has 0 saturated carbocycles. The first kappa shape index (κ1) is 17.7. The van der Waals surface area contributed by atoms with E-state index in [2.05, 4.69) is 5.10 Å². The average Bonchev–Trinajstić information content (AvgIpc) is 2.91. The molecule has 0 radical (unpaired) electrons. The van der Waals surface area contributed by atoms with E-state index in [4.69, 9.17) is 14.7 Å². The van der Waals surface area contributed by atoms with Crippen molar-refractivity contribution in [3.63, 3.8) is 0 Å². The molecule has 0 N–H and O–H groups in total. The van der Waals surface area contributed by atoms with Gasteiger partial charge >= 0.3 is 12.2 Å². The molecule has 0 aliphatic rings. The Labute approximate surface area is 132 Å². The van der Waals surface area contributed by atoms with E-state index < -0.39 is 24.4 Å². The van der Waals surface area contributed by atoms with Crippen molar-refractivity contribution in [2.75, 3.05) is 0 Å². The number of ether oxygens (including phenoxy) is 2. The number of hydrogen-bond acceptors (Lipinski definition) is 7. The van der Waals surface area contributed by atoms with Gasteiger partial charge in [-0.05, 0) is 39.1 Å². The lowest BCUT2D eigenvalue weighted by molar-refractivity contribution is 0.0518. The molecule has 0 aliphatic carbocycles. The minimum Gasteiger partial charge on any atom is -0.445 e. The molecule has 7 nitrogen and oxygen atoms in total. The van der Waals surface area contributed by atoms with Gasteiger partial charge in [0.05, 0.1) is 17.1 Å². The Morgan fingerprint density at radius 3 is 2.14 bits per heavy atom. The van der Waals surface area contributed by atoms with E-state index in [1.165, 1.54) is 11.3 Å². The Kier molecular flexibility index (Phi) is 6.53. The van der Waals surface area contributed by atoms with E-state index in [9.17, 15) is 9.59 Å². The first-order chi connectivity index (χ1) is 10.3. The number of carbonyl (C=O) groups excluding carboxylic acids is 2. The van der Waals surface area contributed by atoms with Gasteiger partial charge in [0.2, 0.25) is 0 Å². The monoisotopic (exact) mass is 323 g/mol. The standard InChI is InChI=1S/C14H17N3O4S/c1-9(2)20-13(18)17(14(19)21-10(3)4)16-11(8-15)12-6-5-7-22-12/h5-7,9-10H,1-4H3/b16-11+. The van der Waals surface area contributed by atoms with Crippen LogP contribution in [0.4, 0.5) is 9.59 Å².